The maximum atomic E-state index is 13.5. The summed E-state index contributed by atoms with van der Waals surface area (Å²) in [6.45, 7) is 4.18. The molecule has 0 saturated heterocycles. The van der Waals surface area contributed by atoms with E-state index in [2.05, 4.69) is 4.99 Å². The van der Waals surface area contributed by atoms with Crippen LogP contribution in [0.4, 0.5) is 0 Å². The molecule has 0 saturated carbocycles. The van der Waals surface area contributed by atoms with Gasteiger partial charge in [-0.1, -0.05) is 53.3 Å². The number of allylic oxidation sites excluding steroid dienone is 1. The Morgan fingerprint density at radius 1 is 1.22 bits per heavy atom. The summed E-state index contributed by atoms with van der Waals surface area (Å²) in [7, 11) is 1.32. The summed E-state index contributed by atoms with van der Waals surface area (Å²) < 4.78 is 12.7. The fourth-order valence-electron chi connectivity index (χ4n) is 3.68. The van der Waals surface area contributed by atoms with Gasteiger partial charge >= 0.3 is 5.97 Å². The van der Waals surface area contributed by atoms with Crippen molar-refractivity contribution < 1.29 is 14.3 Å². The molecule has 4 rings (SSSR count). The highest BCUT2D eigenvalue weighted by Crippen LogP contribution is 2.31. The van der Waals surface area contributed by atoms with Gasteiger partial charge in [-0.3, -0.25) is 9.36 Å². The topological polar surface area (TPSA) is 69.9 Å². The summed E-state index contributed by atoms with van der Waals surface area (Å²) in [5.41, 5.74) is 2.13. The Hall–Kier alpha value is -3.16. The number of carbonyl (C=O) groups excluding carboxylic acids is 1. The molecule has 0 amide bonds. The van der Waals surface area contributed by atoms with E-state index in [1.807, 2.05) is 31.2 Å². The molecule has 0 N–H and O–H groups in total. The van der Waals surface area contributed by atoms with Crippen molar-refractivity contribution in [2.75, 3.05) is 13.7 Å². The Kier molecular flexibility index (Phi) is 6.30. The number of fused-ring (bicyclic) bond motifs is 1. The van der Waals surface area contributed by atoms with E-state index in [1.54, 1.807) is 41.8 Å². The number of hydrogen-bond acceptors (Lipinski definition) is 6. The fourth-order valence-corrected chi connectivity index (χ4v) is 4.84. The molecule has 2 aromatic carbocycles. The number of para-hydroxylation sites is 1. The van der Waals surface area contributed by atoms with Gasteiger partial charge in [0, 0.05) is 10.6 Å². The van der Waals surface area contributed by atoms with Crippen LogP contribution in [0.3, 0.4) is 0 Å². The molecule has 0 radical (unpaired) electrons. The Bertz CT molecular complexity index is 1390. The molecular weight excluding hydrogens is 448 g/mol. The van der Waals surface area contributed by atoms with Crippen molar-refractivity contribution >= 4 is 35.0 Å². The molecule has 1 atom stereocenters. The molecule has 6 nitrogen and oxygen atoms in total. The van der Waals surface area contributed by atoms with Crippen LogP contribution in [0.1, 0.15) is 31.0 Å². The zero-order chi connectivity index (χ0) is 22.8. The second kappa shape index (κ2) is 9.14. The van der Waals surface area contributed by atoms with E-state index in [0.717, 1.165) is 11.1 Å². The Labute approximate surface area is 193 Å². The van der Waals surface area contributed by atoms with E-state index in [1.165, 1.54) is 18.4 Å². The summed E-state index contributed by atoms with van der Waals surface area (Å²) in [6, 6.07) is 13.9. The second-order valence-electron chi connectivity index (χ2n) is 7.10. The van der Waals surface area contributed by atoms with Crippen molar-refractivity contribution in [1.82, 2.24) is 4.57 Å². The first-order valence-electron chi connectivity index (χ1n) is 10.0. The molecule has 0 unspecified atom stereocenters. The molecule has 0 spiro atoms. The average molecular weight is 469 g/mol. The number of esters is 1. The van der Waals surface area contributed by atoms with Gasteiger partial charge in [0.15, 0.2) is 4.80 Å². The zero-order valence-electron chi connectivity index (χ0n) is 17.8. The number of benzene rings is 2. The lowest BCUT2D eigenvalue weighted by Crippen LogP contribution is -2.39. The first-order chi connectivity index (χ1) is 15.4. The molecule has 164 valence electrons. The van der Waals surface area contributed by atoms with Gasteiger partial charge in [-0.15, -0.1) is 0 Å². The normalized spacial score (nSPS) is 15.9. The maximum absolute atomic E-state index is 13.5. The van der Waals surface area contributed by atoms with Crippen LogP contribution in [0.2, 0.25) is 5.02 Å². The van der Waals surface area contributed by atoms with Gasteiger partial charge in [-0.05, 0) is 43.7 Å². The third kappa shape index (κ3) is 4.01. The highest BCUT2D eigenvalue weighted by Gasteiger charge is 2.33. The third-order valence-electron chi connectivity index (χ3n) is 5.12. The van der Waals surface area contributed by atoms with Crippen LogP contribution in [-0.4, -0.2) is 24.3 Å². The standard InChI is InChI=1S/C24H21ClN2O4S/c1-4-31-18-8-6-5-7-16(18)13-19-22(28)27-21(15-9-11-17(25)12-10-15)20(23(29)30-3)14(2)26-24(27)32-19/h5-13,21H,4H2,1-3H3/b19-13+/t21-/m0/s1. The Morgan fingerprint density at radius 2 is 1.94 bits per heavy atom. The molecule has 1 aliphatic heterocycles. The van der Waals surface area contributed by atoms with Crippen molar-refractivity contribution in [3.63, 3.8) is 0 Å². The Balaban J connectivity index is 1.96. The number of hydrogen-bond donors (Lipinski definition) is 0. The lowest BCUT2D eigenvalue weighted by Gasteiger charge is -2.24. The molecule has 32 heavy (non-hydrogen) atoms. The first kappa shape index (κ1) is 22.0. The van der Waals surface area contributed by atoms with Crippen LogP contribution in [0, 0.1) is 0 Å². The van der Waals surface area contributed by atoms with Crippen molar-refractivity contribution in [2.45, 2.75) is 19.9 Å². The predicted molar refractivity (Wildman–Crippen MR) is 125 cm³/mol. The summed E-state index contributed by atoms with van der Waals surface area (Å²) in [4.78, 5) is 31.3. The van der Waals surface area contributed by atoms with Crippen LogP contribution in [0.25, 0.3) is 6.08 Å². The molecule has 0 aliphatic carbocycles. The van der Waals surface area contributed by atoms with Crippen molar-refractivity contribution in [3.8, 4) is 5.75 Å². The molecular formula is C24H21ClN2O4S. The van der Waals surface area contributed by atoms with E-state index in [9.17, 15) is 9.59 Å². The molecule has 3 aromatic rings. The van der Waals surface area contributed by atoms with E-state index in [4.69, 9.17) is 21.1 Å². The van der Waals surface area contributed by atoms with Crippen LogP contribution >= 0.6 is 22.9 Å². The van der Waals surface area contributed by atoms with Gasteiger partial charge in [0.05, 0.1) is 35.6 Å². The van der Waals surface area contributed by atoms with Crippen LogP contribution in [0.5, 0.6) is 5.75 Å². The van der Waals surface area contributed by atoms with Crippen molar-refractivity contribution in [3.05, 3.63) is 95.6 Å². The molecule has 1 aromatic heterocycles. The van der Waals surface area contributed by atoms with E-state index >= 15 is 0 Å². The number of methoxy groups -OCH3 is 1. The lowest BCUT2D eigenvalue weighted by molar-refractivity contribution is -0.136. The van der Waals surface area contributed by atoms with E-state index in [0.29, 0.717) is 38.0 Å². The summed E-state index contributed by atoms with van der Waals surface area (Å²) in [5.74, 6) is 0.170. The number of thiazole rings is 1. The van der Waals surface area contributed by atoms with Crippen molar-refractivity contribution in [1.29, 1.82) is 0 Å². The maximum Gasteiger partial charge on any atom is 0.338 e. The highest BCUT2D eigenvalue weighted by molar-refractivity contribution is 7.07. The number of rotatable bonds is 5. The molecule has 8 heteroatoms. The second-order valence-corrected chi connectivity index (χ2v) is 8.54. The van der Waals surface area contributed by atoms with Crippen LogP contribution in [0.15, 0.2) is 69.6 Å². The third-order valence-corrected chi connectivity index (χ3v) is 6.35. The number of ether oxygens (including phenoxy) is 2. The van der Waals surface area contributed by atoms with Gasteiger partial charge in [-0.25, -0.2) is 9.79 Å². The monoisotopic (exact) mass is 468 g/mol. The molecule has 2 heterocycles. The minimum absolute atomic E-state index is 0.242. The van der Waals surface area contributed by atoms with E-state index < -0.39 is 12.0 Å². The SMILES string of the molecule is CCOc1ccccc1/C=c1/sc2n(c1=O)[C@@H](c1ccc(Cl)cc1)C(C(=O)OC)=C(C)N=2. The van der Waals surface area contributed by atoms with Gasteiger partial charge in [0.25, 0.3) is 5.56 Å². The van der Waals surface area contributed by atoms with Gasteiger partial charge in [0.1, 0.15) is 5.75 Å². The minimum atomic E-state index is -0.666. The smallest absolute Gasteiger partial charge is 0.338 e. The quantitative estimate of drug-likeness (QED) is 0.538. The fraction of sp³-hybridized carbons (Fsp3) is 0.208. The summed E-state index contributed by atoms with van der Waals surface area (Å²) in [5, 5.41) is 0.564. The number of halogens is 1. The molecule has 0 fully saturated rings. The van der Waals surface area contributed by atoms with Gasteiger partial charge in [-0.2, -0.15) is 0 Å². The average Bonchev–Trinajstić information content (AvgIpc) is 3.09. The van der Waals surface area contributed by atoms with Gasteiger partial charge < -0.3 is 9.47 Å². The van der Waals surface area contributed by atoms with Gasteiger partial charge in [0.2, 0.25) is 0 Å². The minimum Gasteiger partial charge on any atom is -0.493 e. The largest absolute Gasteiger partial charge is 0.493 e. The van der Waals surface area contributed by atoms with E-state index in [-0.39, 0.29) is 5.56 Å². The Morgan fingerprint density at radius 3 is 2.62 bits per heavy atom. The first-order valence-corrected chi connectivity index (χ1v) is 11.2. The van der Waals surface area contributed by atoms with Crippen LogP contribution < -0.4 is 19.6 Å². The predicted octanol–water partition coefficient (Wildman–Crippen LogP) is 3.46. The number of carbonyl (C=O) groups is 1. The highest BCUT2D eigenvalue weighted by atomic mass is 35.5. The summed E-state index contributed by atoms with van der Waals surface area (Å²) in [6.07, 6.45) is 1.80. The number of nitrogens with zero attached hydrogens (tertiary/aromatic N) is 2. The lowest BCUT2D eigenvalue weighted by atomic mass is 9.96. The molecule has 1 aliphatic rings. The zero-order valence-corrected chi connectivity index (χ0v) is 19.4. The number of aromatic nitrogens is 1. The molecule has 0 bridgehead atoms. The van der Waals surface area contributed by atoms with Crippen molar-refractivity contribution in [2.24, 2.45) is 4.99 Å². The summed E-state index contributed by atoms with van der Waals surface area (Å²) >= 11 is 7.34. The van der Waals surface area contributed by atoms with Crippen LogP contribution in [-0.2, 0) is 9.53 Å².